The third-order valence-electron chi connectivity index (χ3n) is 11.8. The van der Waals surface area contributed by atoms with E-state index in [1.54, 1.807) is 0 Å². The summed E-state index contributed by atoms with van der Waals surface area (Å²) in [5.74, 6) is 1.12. The molecule has 2 fully saturated rings. The Kier molecular flexibility index (Phi) is 19.1. The van der Waals surface area contributed by atoms with Gasteiger partial charge in [-0.1, -0.05) is 114 Å². The average Bonchev–Trinajstić information content (AvgIpc) is 3.24. The molecule has 1 N–H and O–H groups in total. The van der Waals surface area contributed by atoms with Crippen molar-refractivity contribution in [3.8, 4) is 11.5 Å². The van der Waals surface area contributed by atoms with Crippen molar-refractivity contribution in [1.82, 2.24) is 9.80 Å². The highest BCUT2D eigenvalue weighted by molar-refractivity contribution is 5.87. The number of piperidine rings is 2. The molecule has 0 spiro atoms. The Labute approximate surface area is 348 Å². The maximum Gasteiger partial charge on any atom is 0.309 e. The number of likely N-dealkylation sites (tertiary alicyclic amines) is 2. The molecule has 0 aliphatic carbocycles. The van der Waals surface area contributed by atoms with Gasteiger partial charge in [0.2, 0.25) is 0 Å². The molecule has 2 heterocycles. The minimum Gasteiger partial charge on any atom is -0.494 e. The molecule has 8 heteroatoms. The van der Waals surface area contributed by atoms with Crippen LogP contribution >= 0.6 is 0 Å². The Hall–Kier alpha value is -4.14. The van der Waals surface area contributed by atoms with Crippen LogP contribution in [0.15, 0.2) is 72.8 Å². The number of hydrogen-bond acceptors (Lipinski definition) is 7. The molecule has 0 radical (unpaired) electrons. The van der Waals surface area contributed by atoms with Gasteiger partial charge in [-0.3, -0.25) is 19.4 Å². The Morgan fingerprint density at radius 1 is 0.586 bits per heavy atom. The van der Waals surface area contributed by atoms with Crippen LogP contribution in [-0.2, 0) is 27.4 Å². The average molecular weight is 795 g/mol. The van der Waals surface area contributed by atoms with Crippen LogP contribution in [0.5, 0.6) is 11.5 Å². The van der Waals surface area contributed by atoms with Gasteiger partial charge in [0.15, 0.2) is 0 Å². The highest BCUT2D eigenvalue weighted by Gasteiger charge is 2.26. The number of hydrogen-bond donors (Lipinski definition) is 1. The van der Waals surface area contributed by atoms with Crippen molar-refractivity contribution in [2.45, 2.75) is 124 Å². The number of nitrogens with zero attached hydrogens (tertiary/aromatic N) is 2. The van der Waals surface area contributed by atoms with Crippen LogP contribution < -0.4 is 9.47 Å². The van der Waals surface area contributed by atoms with Gasteiger partial charge in [-0.15, -0.1) is 0 Å². The van der Waals surface area contributed by atoms with Gasteiger partial charge in [-0.05, 0) is 129 Å². The molecule has 8 nitrogen and oxygen atoms in total. The first-order valence-corrected chi connectivity index (χ1v) is 22.5. The van der Waals surface area contributed by atoms with E-state index in [-0.39, 0.29) is 17.8 Å². The van der Waals surface area contributed by atoms with Crippen molar-refractivity contribution in [2.24, 2.45) is 11.8 Å². The first-order chi connectivity index (χ1) is 28.4. The fourth-order valence-corrected chi connectivity index (χ4v) is 8.31. The molecule has 0 bridgehead atoms. The zero-order valence-electron chi connectivity index (χ0n) is 35.7. The second-order valence-corrected chi connectivity index (χ2v) is 16.3. The molecule has 0 atom stereocenters. The van der Waals surface area contributed by atoms with E-state index in [1.165, 1.54) is 84.0 Å². The highest BCUT2D eigenvalue weighted by atomic mass is 16.5. The van der Waals surface area contributed by atoms with Crippen molar-refractivity contribution >= 4 is 33.5 Å². The van der Waals surface area contributed by atoms with Gasteiger partial charge in [0, 0.05) is 13.1 Å². The minimum absolute atomic E-state index is 0.0276. The van der Waals surface area contributed by atoms with Gasteiger partial charge in [0.1, 0.15) is 11.5 Å². The van der Waals surface area contributed by atoms with Crippen molar-refractivity contribution < 1.29 is 28.9 Å². The molecule has 0 amide bonds. The molecule has 4 aromatic rings. The molecule has 4 aromatic carbocycles. The lowest BCUT2D eigenvalue weighted by atomic mass is 9.96. The summed E-state index contributed by atoms with van der Waals surface area (Å²) < 4.78 is 17.1. The zero-order valence-corrected chi connectivity index (χ0v) is 35.7. The maximum atomic E-state index is 12.0. The predicted octanol–water partition coefficient (Wildman–Crippen LogP) is 11.4. The van der Waals surface area contributed by atoms with Crippen LogP contribution in [0.2, 0.25) is 0 Å². The molecular formula is C50H70N2O6. The third-order valence-corrected chi connectivity index (χ3v) is 11.8. The monoisotopic (exact) mass is 795 g/mol. The normalized spacial score (nSPS) is 15.6. The molecule has 0 unspecified atom stereocenters. The van der Waals surface area contributed by atoms with Crippen LogP contribution in [0.3, 0.4) is 0 Å². The molecule has 2 aliphatic heterocycles. The number of unbranched alkanes of at least 4 members (excludes halogenated alkanes) is 8. The number of carbonyl (C=O) groups is 2. The summed E-state index contributed by atoms with van der Waals surface area (Å²) in [5, 5.41) is 14.2. The lowest BCUT2D eigenvalue weighted by Crippen LogP contribution is -2.36. The number of benzene rings is 4. The number of fused-ring (bicyclic) bond motifs is 2. The lowest BCUT2D eigenvalue weighted by Gasteiger charge is -2.31. The second-order valence-electron chi connectivity index (χ2n) is 16.3. The van der Waals surface area contributed by atoms with Crippen LogP contribution in [0, 0.1) is 11.8 Å². The van der Waals surface area contributed by atoms with E-state index in [0.717, 1.165) is 103 Å². The van der Waals surface area contributed by atoms with E-state index in [9.17, 15) is 9.59 Å². The molecule has 2 aliphatic rings. The number of carboxylic acid groups (broad SMARTS) is 1. The topological polar surface area (TPSA) is 88.5 Å². The van der Waals surface area contributed by atoms with Gasteiger partial charge in [-0.25, -0.2) is 0 Å². The van der Waals surface area contributed by atoms with Gasteiger partial charge in [-0.2, -0.15) is 0 Å². The number of carbonyl (C=O) groups excluding carboxylic acids is 1. The summed E-state index contributed by atoms with van der Waals surface area (Å²) >= 11 is 0. The largest absolute Gasteiger partial charge is 0.494 e. The summed E-state index contributed by atoms with van der Waals surface area (Å²) in [4.78, 5) is 27.9. The lowest BCUT2D eigenvalue weighted by molar-refractivity contribution is -0.149. The van der Waals surface area contributed by atoms with Crippen LogP contribution in [0.25, 0.3) is 21.5 Å². The van der Waals surface area contributed by atoms with E-state index in [0.29, 0.717) is 6.61 Å². The van der Waals surface area contributed by atoms with E-state index >= 15 is 0 Å². The third kappa shape index (κ3) is 14.3. The first-order valence-electron chi connectivity index (χ1n) is 22.5. The minimum atomic E-state index is -0.650. The molecule has 316 valence electrons. The maximum absolute atomic E-state index is 12.0. The van der Waals surface area contributed by atoms with Crippen molar-refractivity contribution in [1.29, 1.82) is 0 Å². The molecule has 2 saturated heterocycles. The first kappa shape index (κ1) is 45.0. The molecule has 0 aromatic heterocycles. The molecule has 58 heavy (non-hydrogen) atoms. The number of rotatable bonds is 21. The fourth-order valence-electron chi connectivity index (χ4n) is 8.31. The summed E-state index contributed by atoms with van der Waals surface area (Å²) in [7, 11) is 0. The van der Waals surface area contributed by atoms with E-state index in [2.05, 4.69) is 96.4 Å². The summed E-state index contributed by atoms with van der Waals surface area (Å²) in [6.07, 6.45) is 15.8. The van der Waals surface area contributed by atoms with Crippen LogP contribution in [0.1, 0.15) is 122 Å². The smallest absolute Gasteiger partial charge is 0.309 e. The molecule has 0 saturated carbocycles. The van der Waals surface area contributed by atoms with E-state index in [1.807, 2.05) is 6.92 Å². The second kappa shape index (κ2) is 24.7. The fraction of sp³-hybridized carbons (Fsp3) is 0.560. The number of ether oxygens (including phenoxy) is 3. The summed E-state index contributed by atoms with van der Waals surface area (Å²) in [5.41, 5.74) is 2.64. The highest BCUT2D eigenvalue weighted by Crippen LogP contribution is 2.29. The van der Waals surface area contributed by atoms with E-state index < -0.39 is 5.97 Å². The van der Waals surface area contributed by atoms with E-state index in [4.69, 9.17) is 19.3 Å². The Bertz CT molecular complexity index is 1830. The number of aliphatic carboxylic acids is 1. The standard InChI is InChI=1S/C26H37NO3.C24H33NO3/c1-3-5-6-7-8-18-30-24-12-13-25-22(19-24)10-9-11-23(25)20-27-16-14-21(15-17-27)26(28)29-4-2;1-2-3-4-5-6-16-28-22-10-11-23-20(17-22)8-7-9-21(23)18-25-14-12-19(13-15-25)24(26)27/h9-13,19,21H,3-8,14-18,20H2,1-2H3;7-11,17,19H,2-6,12-16,18H2,1H3,(H,26,27). The quantitative estimate of drug-likeness (QED) is 0.0659. The predicted molar refractivity (Wildman–Crippen MR) is 237 cm³/mol. The van der Waals surface area contributed by atoms with Gasteiger partial charge < -0.3 is 19.3 Å². The Balaban J connectivity index is 0.000000221. The molecule has 6 rings (SSSR count). The Morgan fingerprint density at radius 2 is 1.03 bits per heavy atom. The van der Waals surface area contributed by atoms with Crippen LogP contribution in [0.4, 0.5) is 0 Å². The number of carboxylic acids is 1. The van der Waals surface area contributed by atoms with Crippen LogP contribution in [-0.4, -0.2) is 72.8 Å². The van der Waals surface area contributed by atoms with Crippen molar-refractivity contribution in [3.63, 3.8) is 0 Å². The summed E-state index contributed by atoms with van der Waals surface area (Å²) in [6, 6.07) is 25.8. The zero-order chi connectivity index (χ0) is 41.0. The SMILES string of the molecule is CCCCCCCOc1ccc2c(CN3CCC(C(=O)O)CC3)cccc2c1.CCCCCCCOc1ccc2c(CN3CCC(C(=O)OCC)CC3)cccc2c1. The van der Waals surface area contributed by atoms with Gasteiger partial charge in [0.05, 0.1) is 31.7 Å². The Morgan fingerprint density at radius 3 is 1.47 bits per heavy atom. The van der Waals surface area contributed by atoms with Gasteiger partial charge >= 0.3 is 11.9 Å². The molecular weight excluding hydrogens is 725 g/mol. The van der Waals surface area contributed by atoms with Crippen molar-refractivity contribution in [3.05, 3.63) is 83.9 Å². The number of esters is 1. The van der Waals surface area contributed by atoms with Gasteiger partial charge in [0.25, 0.3) is 0 Å². The summed E-state index contributed by atoms with van der Waals surface area (Å²) in [6.45, 7) is 13.8. The van der Waals surface area contributed by atoms with Crippen molar-refractivity contribution in [2.75, 3.05) is 46.0 Å².